The first-order valence-electron chi connectivity index (χ1n) is 6.96. The summed E-state index contributed by atoms with van der Waals surface area (Å²) in [6.45, 7) is 11.8. The van der Waals surface area contributed by atoms with E-state index in [-0.39, 0.29) is 0 Å². The quantitative estimate of drug-likeness (QED) is 0.711. The summed E-state index contributed by atoms with van der Waals surface area (Å²) in [6.07, 6.45) is 0. The third kappa shape index (κ3) is 4.92. The molecule has 0 atom stereocenters. The highest BCUT2D eigenvalue weighted by Gasteiger charge is 2.25. The van der Waals surface area contributed by atoms with Gasteiger partial charge in [-0.05, 0) is 47.1 Å². The molecule has 0 amide bonds. The summed E-state index contributed by atoms with van der Waals surface area (Å²) in [6, 6.07) is 5.35. The largest absolute Gasteiger partial charge is 0.313 e. The Morgan fingerprint density at radius 2 is 2.05 bits per heavy atom. The number of nitrogens with one attached hydrogen (secondary N) is 1. The minimum Gasteiger partial charge on any atom is -0.313 e. The molecule has 0 saturated carbocycles. The molecule has 4 nitrogen and oxygen atoms in total. The number of nitrogens with zero attached hydrogens (tertiary/aromatic N) is 1. The molecule has 0 fully saturated rings. The molecule has 1 N–H and O–H groups in total. The van der Waals surface area contributed by atoms with Crippen LogP contribution in [0.2, 0.25) is 0 Å². The summed E-state index contributed by atoms with van der Waals surface area (Å²) in [7, 11) is -3.51. The molecule has 0 aliphatic carbocycles. The summed E-state index contributed by atoms with van der Waals surface area (Å²) < 4.78 is 27.4. The van der Waals surface area contributed by atoms with Gasteiger partial charge in [0.2, 0.25) is 10.0 Å². The zero-order valence-electron chi connectivity index (χ0n) is 12.8. The SMILES string of the molecule is C=C(C)CN(CC)S(=O)(=O)c1ccc(CNCC)cc1Br. The van der Waals surface area contributed by atoms with Crippen LogP contribution in [0.1, 0.15) is 26.3 Å². The molecule has 0 bridgehead atoms. The van der Waals surface area contributed by atoms with Crippen molar-refractivity contribution in [1.29, 1.82) is 0 Å². The molecule has 118 valence electrons. The smallest absolute Gasteiger partial charge is 0.244 e. The van der Waals surface area contributed by atoms with Crippen LogP contribution in [0.5, 0.6) is 0 Å². The lowest BCUT2D eigenvalue weighted by Crippen LogP contribution is -2.32. The van der Waals surface area contributed by atoms with E-state index < -0.39 is 10.0 Å². The number of benzene rings is 1. The first-order valence-corrected chi connectivity index (χ1v) is 9.19. The Hall–Kier alpha value is -0.690. The second-order valence-corrected chi connectivity index (χ2v) is 7.69. The predicted molar refractivity (Wildman–Crippen MR) is 90.8 cm³/mol. The van der Waals surface area contributed by atoms with E-state index >= 15 is 0 Å². The minimum absolute atomic E-state index is 0.297. The lowest BCUT2D eigenvalue weighted by atomic mass is 10.2. The van der Waals surface area contributed by atoms with Gasteiger partial charge in [-0.1, -0.05) is 32.1 Å². The molecule has 0 aromatic heterocycles. The van der Waals surface area contributed by atoms with E-state index in [1.54, 1.807) is 6.07 Å². The van der Waals surface area contributed by atoms with Crippen LogP contribution in [-0.2, 0) is 16.6 Å². The molecule has 0 spiro atoms. The molecular formula is C15H23BrN2O2S. The van der Waals surface area contributed by atoms with Crippen molar-refractivity contribution in [2.45, 2.75) is 32.2 Å². The van der Waals surface area contributed by atoms with Gasteiger partial charge in [-0.15, -0.1) is 0 Å². The highest BCUT2D eigenvalue weighted by Crippen LogP contribution is 2.26. The zero-order chi connectivity index (χ0) is 16.0. The average Bonchev–Trinajstić information content (AvgIpc) is 2.41. The monoisotopic (exact) mass is 374 g/mol. The van der Waals surface area contributed by atoms with Crippen LogP contribution in [-0.4, -0.2) is 32.4 Å². The topological polar surface area (TPSA) is 49.4 Å². The average molecular weight is 375 g/mol. The fraction of sp³-hybridized carbons (Fsp3) is 0.467. The van der Waals surface area contributed by atoms with Crippen molar-refractivity contribution < 1.29 is 8.42 Å². The molecule has 6 heteroatoms. The molecule has 0 aliphatic heterocycles. The van der Waals surface area contributed by atoms with Gasteiger partial charge < -0.3 is 5.32 Å². The number of rotatable bonds is 8. The maximum atomic E-state index is 12.7. The van der Waals surface area contributed by atoms with Crippen LogP contribution < -0.4 is 5.32 Å². The van der Waals surface area contributed by atoms with Crippen molar-refractivity contribution in [2.75, 3.05) is 19.6 Å². The van der Waals surface area contributed by atoms with E-state index in [1.165, 1.54) is 4.31 Å². The van der Waals surface area contributed by atoms with Crippen molar-refractivity contribution in [2.24, 2.45) is 0 Å². The summed E-state index contributed by atoms with van der Waals surface area (Å²) in [5.41, 5.74) is 1.87. The highest BCUT2D eigenvalue weighted by atomic mass is 79.9. The Labute approximate surface area is 136 Å². The predicted octanol–water partition coefficient (Wildman–Crippen LogP) is 3.15. The molecule has 0 unspecified atom stereocenters. The summed E-state index contributed by atoms with van der Waals surface area (Å²) >= 11 is 3.38. The van der Waals surface area contributed by atoms with Crippen LogP contribution in [0, 0.1) is 0 Å². The Balaban J connectivity index is 3.10. The van der Waals surface area contributed by atoms with Crippen LogP contribution >= 0.6 is 15.9 Å². The van der Waals surface area contributed by atoms with Crippen LogP contribution in [0.4, 0.5) is 0 Å². The summed E-state index contributed by atoms with van der Waals surface area (Å²) in [5, 5.41) is 3.22. The van der Waals surface area contributed by atoms with Crippen LogP contribution in [0.3, 0.4) is 0 Å². The standard InChI is InChI=1S/C15H23BrN2O2S/c1-5-17-10-13-7-8-15(14(16)9-13)21(19,20)18(6-2)11-12(3)4/h7-9,17H,3,5-6,10-11H2,1-2,4H3. The van der Waals surface area contributed by atoms with Crippen molar-refractivity contribution in [3.63, 3.8) is 0 Å². The van der Waals surface area contributed by atoms with Gasteiger partial charge >= 0.3 is 0 Å². The third-order valence-electron chi connectivity index (χ3n) is 2.99. The van der Waals surface area contributed by atoms with Gasteiger partial charge in [0, 0.05) is 24.1 Å². The summed E-state index contributed by atoms with van der Waals surface area (Å²) in [5.74, 6) is 0. The van der Waals surface area contributed by atoms with Gasteiger partial charge in [-0.2, -0.15) is 4.31 Å². The van der Waals surface area contributed by atoms with Crippen LogP contribution in [0.15, 0.2) is 39.7 Å². The second-order valence-electron chi connectivity index (χ2n) is 4.93. The minimum atomic E-state index is -3.51. The number of hydrogen-bond acceptors (Lipinski definition) is 3. The molecular weight excluding hydrogens is 352 g/mol. The van der Waals surface area contributed by atoms with E-state index in [9.17, 15) is 8.42 Å². The van der Waals surface area contributed by atoms with E-state index in [1.807, 2.05) is 32.9 Å². The molecule has 0 aliphatic rings. The Morgan fingerprint density at radius 3 is 2.52 bits per heavy atom. The van der Waals surface area contributed by atoms with Crippen molar-refractivity contribution in [1.82, 2.24) is 9.62 Å². The Kier molecular flexibility index (Phi) is 7.06. The number of likely N-dealkylation sites (N-methyl/N-ethyl adjacent to an activating group) is 1. The third-order valence-corrected chi connectivity index (χ3v) is 5.89. The molecule has 0 radical (unpaired) electrons. The van der Waals surface area contributed by atoms with Gasteiger partial charge in [0.15, 0.2) is 0 Å². The second kappa shape index (κ2) is 8.08. The van der Waals surface area contributed by atoms with Gasteiger partial charge in [-0.25, -0.2) is 8.42 Å². The van der Waals surface area contributed by atoms with Gasteiger partial charge in [0.05, 0.1) is 4.90 Å². The molecule has 1 rings (SSSR count). The molecule has 21 heavy (non-hydrogen) atoms. The molecule has 0 saturated heterocycles. The molecule has 1 aromatic rings. The van der Waals surface area contributed by atoms with Crippen molar-refractivity contribution in [3.05, 3.63) is 40.4 Å². The van der Waals surface area contributed by atoms with Crippen molar-refractivity contribution in [3.8, 4) is 0 Å². The lowest BCUT2D eigenvalue weighted by molar-refractivity contribution is 0.452. The van der Waals surface area contributed by atoms with E-state index in [0.29, 0.717) is 22.5 Å². The zero-order valence-corrected chi connectivity index (χ0v) is 15.2. The van der Waals surface area contributed by atoms with E-state index in [4.69, 9.17) is 0 Å². The fourth-order valence-electron chi connectivity index (χ4n) is 1.94. The fourth-order valence-corrected chi connectivity index (χ4v) is 4.53. The first-order chi connectivity index (χ1) is 9.82. The number of sulfonamides is 1. The highest BCUT2D eigenvalue weighted by molar-refractivity contribution is 9.10. The Bertz CT molecular complexity index is 600. The normalized spacial score (nSPS) is 11.9. The number of hydrogen-bond donors (Lipinski definition) is 1. The lowest BCUT2D eigenvalue weighted by Gasteiger charge is -2.21. The van der Waals surface area contributed by atoms with Crippen LogP contribution in [0.25, 0.3) is 0 Å². The van der Waals surface area contributed by atoms with E-state index in [0.717, 1.165) is 24.2 Å². The van der Waals surface area contributed by atoms with Gasteiger partial charge in [-0.3, -0.25) is 0 Å². The number of halogens is 1. The summed E-state index contributed by atoms with van der Waals surface area (Å²) in [4.78, 5) is 0.297. The van der Waals surface area contributed by atoms with Gasteiger partial charge in [0.25, 0.3) is 0 Å². The van der Waals surface area contributed by atoms with E-state index in [2.05, 4.69) is 27.8 Å². The maximum absolute atomic E-state index is 12.7. The maximum Gasteiger partial charge on any atom is 0.244 e. The molecule has 0 heterocycles. The van der Waals surface area contributed by atoms with Crippen molar-refractivity contribution >= 4 is 26.0 Å². The Morgan fingerprint density at radius 1 is 1.38 bits per heavy atom. The first kappa shape index (κ1) is 18.4. The van der Waals surface area contributed by atoms with Gasteiger partial charge in [0.1, 0.15) is 0 Å². The molecule has 1 aromatic carbocycles.